The second kappa shape index (κ2) is 9.77. The van der Waals surface area contributed by atoms with Crippen LogP contribution in [0.25, 0.3) is 0 Å². The zero-order chi connectivity index (χ0) is 21.0. The molecule has 3 atom stereocenters. The maximum atomic E-state index is 12.5. The second-order valence-corrected chi connectivity index (χ2v) is 9.20. The van der Waals surface area contributed by atoms with E-state index in [-0.39, 0.29) is 17.6 Å². The summed E-state index contributed by atoms with van der Waals surface area (Å²) >= 11 is 0. The van der Waals surface area contributed by atoms with Crippen LogP contribution in [0.3, 0.4) is 0 Å². The third-order valence-corrected chi connectivity index (χ3v) is 7.00. The van der Waals surface area contributed by atoms with Gasteiger partial charge >= 0.3 is 0 Å². The Morgan fingerprint density at radius 3 is 2.70 bits per heavy atom. The molecule has 0 spiro atoms. The average Bonchev–Trinajstić information content (AvgIpc) is 2.76. The first-order valence-corrected chi connectivity index (χ1v) is 11.6. The number of ether oxygens (including phenoxy) is 1. The van der Waals surface area contributed by atoms with E-state index in [1.54, 1.807) is 6.07 Å². The first-order chi connectivity index (χ1) is 14.6. The van der Waals surface area contributed by atoms with Crippen molar-refractivity contribution < 1.29 is 14.9 Å². The van der Waals surface area contributed by atoms with Gasteiger partial charge in [0.05, 0.1) is 17.7 Å². The van der Waals surface area contributed by atoms with Crippen molar-refractivity contribution in [3.63, 3.8) is 0 Å². The maximum Gasteiger partial charge on any atom is 0.267 e. The molecule has 0 amide bonds. The van der Waals surface area contributed by atoms with E-state index >= 15 is 0 Å². The monoisotopic (exact) mass is 420 g/mol. The van der Waals surface area contributed by atoms with Gasteiger partial charge in [-0.15, -0.1) is 0 Å². The summed E-state index contributed by atoms with van der Waals surface area (Å²) in [6, 6.07) is 3.46. The molecule has 1 aromatic heterocycles. The molecule has 1 aromatic rings. The van der Waals surface area contributed by atoms with Gasteiger partial charge in [0.25, 0.3) is 5.56 Å². The smallest absolute Gasteiger partial charge is 0.267 e. The topological polar surface area (TPSA) is 99.9 Å². The molecule has 2 saturated heterocycles. The number of anilines is 1. The van der Waals surface area contributed by atoms with Gasteiger partial charge in [0.2, 0.25) is 0 Å². The highest BCUT2D eigenvalue weighted by molar-refractivity contribution is 5.39. The summed E-state index contributed by atoms with van der Waals surface area (Å²) < 4.78 is 6.88. The van der Waals surface area contributed by atoms with E-state index < -0.39 is 11.7 Å². The lowest BCUT2D eigenvalue weighted by Crippen LogP contribution is -2.51. The number of nitrogens with one attached hydrogen (secondary N) is 1. The highest BCUT2D eigenvalue weighted by Crippen LogP contribution is 2.28. The van der Waals surface area contributed by atoms with Gasteiger partial charge in [-0.25, -0.2) is 4.68 Å². The Kier molecular flexibility index (Phi) is 7.08. The number of hydrogen-bond acceptors (Lipinski definition) is 7. The molecule has 8 nitrogen and oxygen atoms in total. The normalized spacial score (nSPS) is 29.7. The van der Waals surface area contributed by atoms with E-state index in [1.165, 1.54) is 11.1 Å². The van der Waals surface area contributed by atoms with E-state index in [1.807, 2.05) is 6.07 Å². The number of aromatic nitrogens is 2. The first-order valence-electron chi connectivity index (χ1n) is 11.6. The van der Waals surface area contributed by atoms with Crippen LogP contribution in [0.5, 0.6) is 0 Å². The SMILES string of the molecule is O=c1ccc(N2CCCCC2CNCC2(O)CCOCC2)nn1C1CCCCC1O. The summed E-state index contributed by atoms with van der Waals surface area (Å²) in [5, 5.41) is 29.3. The molecule has 8 heteroatoms. The van der Waals surface area contributed by atoms with Gasteiger partial charge in [0, 0.05) is 57.8 Å². The van der Waals surface area contributed by atoms with Crippen molar-refractivity contribution in [3.8, 4) is 0 Å². The number of rotatable bonds is 6. The van der Waals surface area contributed by atoms with Crippen LogP contribution in [0.15, 0.2) is 16.9 Å². The van der Waals surface area contributed by atoms with E-state index in [0.29, 0.717) is 32.6 Å². The van der Waals surface area contributed by atoms with Crippen LogP contribution in [0.1, 0.15) is 63.8 Å². The molecule has 4 rings (SSSR count). The maximum absolute atomic E-state index is 12.5. The van der Waals surface area contributed by atoms with Crippen molar-refractivity contribution in [2.24, 2.45) is 0 Å². The molecule has 3 unspecified atom stereocenters. The van der Waals surface area contributed by atoms with Crippen molar-refractivity contribution in [1.29, 1.82) is 0 Å². The number of hydrogen-bond donors (Lipinski definition) is 3. The van der Waals surface area contributed by atoms with Crippen LogP contribution in [-0.4, -0.2) is 70.6 Å². The summed E-state index contributed by atoms with van der Waals surface area (Å²) in [5.41, 5.74) is -0.821. The predicted octanol–water partition coefficient (Wildman–Crippen LogP) is 1.21. The molecule has 2 aliphatic heterocycles. The van der Waals surface area contributed by atoms with Crippen LogP contribution in [-0.2, 0) is 4.74 Å². The van der Waals surface area contributed by atoms with E-state index in [9.17, 15) is 15.0 Å². The van der Waals surface area contributed by atoms with Crippen LogP contribution in [0.4, 0.5) is 5.82 Å². The van der Waals surface area contributed by atoms with Crippen molar-refractivity contribution in [1.82, 2.24) is 15.1 Å². The molecule has 3 aliphatic rings. The molecule has 0 bridgehead atoms. The molecule has 3 heterocycles. The van der Waals surface area contributed by atoms with Gasteiger partial charge in [0.1, 0.15) is 5.82 Å². The minimum Gasteiger partial charge on any atom is -0.391 e. The van der Waals surface area contributed by atoms with Crippen molar-refractivity contribution in [2.45, 2.75) is 81.6 Å². The third-order valence-electron chi connectivity index (χ3n) is 7.00. The lowest BCUT2D eigenvalue weighted by Gasteiger charge is -2.38. The highest BCUT2D eigenvalue weighted by Gasteiger charge is 2.31. The Balaban J connectivity index is 1.44. The number of nitrogens with zero attached hydrogens (tertiary/aromatic N) is 3. The lowest BCUT2D eigenvalue weighted by molar-refractivity contribution is -0.0616. The molecule has 0 aromatic carbocycles. The minimum atomic E-state index is -0.680. The standard InChI is InChI=1S/C22H36N4O4/c27-19-7-2-1-6-18(19)26-21(28)9-8-20(24-26)25-12-4-3-5-17(25)15-23-16-22(29)10-13-30-14-11-22/h8-9,17-19,23,27,29H,1-7,10-16H2. The molecule has 1 saturated carbocycles. The summed E-state index contributed by atoms with van der Waals surface area (Å²) in [6.45, 7) is 3.49. The first kappa shape index (κ1) is 21.7. The fraction of sp³-hybridized carbons (Fsp3) is 0.818. The van der Waals surface area contributed by atoms with Gasteiger partial charge < -0.3 is 25.2 Å². The third kappa shape index (κ3) is 5.04. The van der Waals surface area contributed by atoms with Crippen molar-refractivity contribution in [2.75, 3.05) is 37.7 Å². The second-order valence-electron chi connectivity index (χ2n) is 9.20. The van der Waals surface area contributed by atoms with Crippen LogP contribution in [0.2, 0.25) is 0 Å². The summed E-state index contributed by atoms with van der Waals surface area (Å²) in [4.78, 5) is 14.8. The molecule has 1 aliphatic carbocycles. The largest absolute Gasteiger partial charge is 0.391 e. The summed E-state index contributed by atoms with van der Waals surface area (Å²) in [7, 11) is 0. The average molecular weight is 421 g/mol. The van der Waals surface area contributed by atoms with Gasteiger partial charge in [-0.2, -0.15) is 5.10 Å². The minimum absolute atomic E-state index is 0.141. The number of aliphatic hydroxyl groups is 2. The molecule has 3 N–H and O–H groups in total. The number of piperidine rings is 1. The Labute approximate surface area is 178 Å². The van der Waals surface area contributed by atoms with Gasteiger partial charge in [-0.05, 0) is 38.2 Å². The van der Waals surface area contributed by atoms with E-state index in [0.717, 1.165) is 57.4 Å². The molecule has 168 valence electrons. The quantitative estimate of drug-likeness (QED) is 0.636. The van der Waals surface area contributed by atoms with Crippen LogP contribution in [0, 0.1) is 0 Å². The van der Waals surface area contributed by atoms with Crippen molar-refractivity contribution in [3.05, 3.63) is 22.5 Å². The molecule has 3 fully saturated rings. The van der Waals surface area contributed by atoms with Crippen molar-refractivity contribution >= 4 is 5.82 Å². The Hall–Kier alpha value is -1.48. The molecular formula is C22H36N4O4. The summed E-state index contributed by atoms with van der Waals surface area (Å²) in [6.07, 6.45) is 7.72. The Bertz CT molecular complexity index is 749. The highest BCUT2D eigenvalue weighted by atomic mass is 16.5. The fourth-order valence-electron chi connectivity index (χ4n) is 5.10. The Morgan fingerprint density at radius 2 is 1.90 bits per heavy atom. The summed E-state index contributed by atoms with van der Waals surface area (Å²) in [5.74, 6) is 0.809. The fourth-order valence-corrected chi connectivity index (χ4v) is 5.10. The number of aliphatic hydroxyl groups excluding tert-OH is 1. The van der Waals surface area contributed by atoms with Gasteiger partial charge in [-0.3, -0.25) is 4.79 Å². The van der Waals surface area contributed by atoms with E-state index in [2.05, 4.69) is 10.2 Å². The van der Waals surface area contributed by atoms with Gasteiger partial charge in [-0.1, -0.05) is 12.8 Å². The zero-order valence-electron chi connectivity index (χ0n) is 17.8. The van der Waals surface area contributed by atoms with E-state index in [4.69, 9.17) is 9.84 Å². The molecule has 30 heavy (non-hydrogen) atoms. The predicted molar refractivity (Wildman–Crippen MR) is 115 cm³/mol. The van der Waals surface area contributed by atoms with Gasteiger partial charge in [0.15, 0.2) is 0 Å². The molecular weight excluding hydrogens is 384 g/mol. The zero-order valence-corrected chi connectivity index (χ0v) is 17.8. The lowest BCUT2D eigenvalue weighted by atomic mass is 9.93. The van der Waals surface area contributed by atoms with Crippen LogP contribution >= 0.6 is 0 Å². The molecule has 0 radical (unpaired) electrons. The Morgan fingerprint density at radius 1 is 1.13 bits per heavy atom. The van der Waals surface area contributed by atoms with Crippen LogP contribution < -0.4 is 15.8 Å².